The van der Waals surface area contributed by atoms with Gasteiger partial charge in [-0.1, -0.05) is 19.1 Å². The van der Waals surface area contributed by atoms with E-state index in [-0.39, 0.29) is 48.3 Å². The first-order valence-electron chi connectivity index (χ1n) is 11.0. The van der Waals surface area contributed by atoms with Gasteiger partial charge in [0.15, 0.2) is 15.5 Å². The Morgan fingerprint density at radius 1 is 1.19 bits per heavy atom. The van der Waals surface area contributed by atoms with E-state index >= 15 is 0 Å². The van der Waals surface area contributed by atoms with Crippen molar-refractivity contribution in [2.24, 2.45) is 11.8 Å². The van der Waals surface area contributed by atoms with Gasteiger partial charge in [-0.2, -0.15) is 0 Å². The molecule has 2 aromatic rings. The number of ether oxygens (including phenoxy) is 1. The number of carbonyl (C=O) groups excluding carboxylic acids is 1. The average molecular weight is 465 g/mol. The van der Waals surface area contributed by atoms with E-state index in [9.17, 15) is 22.8 Å². The summed E-state index contributed by atoms with van der Waals surface area (Å²) in [4.78, 5) is 44.7. The fourth-order valence-electron chi connectivity index (χ4n) is 4.72. The van der Waals surface area contributed by atoms with Gasteiger partial charge in [-0.15, -0.1) is 0 Å². The molecule has 0 aliphatic heterocycles. The summed E-state index contributed by atoms with van der Waals surface area (Å²) in [5.41, 5.74) is -0.565. The Morgan fingerprint density at radius 2 is 1.97 bits per heavy atom. The number of hydrogen-bond acceptors (Lipinski definition) is 7. The van der Waals surface area contributed by atoms with Crippen molar-refractivity contribution in [3.05, 3.63) is 38.8 Å². The molecule has 4 rings (SSSR count). The van der Waals surface area contributed by atoms with E-state index in [1.54, 1.807) is 0 Å². The molecule has 1 saturated carbocycles. The monoisotopic (exact) mass is 464 g/mol. The number of sulfone groups is 1. The number of nitrogens with zero attached hydrogens (tertiary/aromatic N) is 3. The Balaban J connectivity index is 1.68. The number of carbonyl (C=O) groups is 1. The van der Waals surface area contributed by atoms with Crippen molar-refractivity contribution in [3.63, 3.8) is 0 Å². The van der Waals surface area contributed by atoms with Crippen molar-refractivity contribution >= 4 is 27.0 Å². The smallest absolute Gasteiger partial charge is 0.332 e. The minimum Gasteiger partial charge on any atom is -0.465 e. The molecule has 11 heteroatoms. The molecule has 0 saturated heterocycles. The van der Waals surface area contributed by atoms with Crippen molar-refractivity contribution in [2.45, 2.75) is 52.1 Å². The molecule has 174 valence electrons. The van der Waals surface area contributed by atoms with Crippen molar-refractivity contribution < 1.29 is 17.9 Å². The number of fused-ring (bicyclic) bond motifs is 3. The van der Waals surface area contributed by atoms with Gasteiger partial charge in [-0.25, -0.2) is 18.2 Å². The van der Waals surface area contributed by atoms with Crippen LogP contribution in [0.15, 0.2) is 21.7 Å². The third-order valence-corrected chi connectivity index (χ3v) is 7.88. The minimum atomic E-state index is -3.58. The summed E-state index contributed by atoms with van der Waals surface area (Å²) in [6.07, 6.45) is 6.99. The van der Waals surface area contributed by atoms with Crippen LogP contribution in [0.5, 0.6) is 0 Å². The third-order valence-electron chi connectivity index (χ3n) is 6.28. The molecule has 2 aliphatic rings. The third kappa shape index (κ3) is 4.30. The lowest BCUT2D eigenvalue weighted by Gasteiger charge is -2.14. The van der Waals surface area contributed by atoms with Crippen molar-refractivity contribution in [1.82, 2.24) is 19.1 Å². The molecule has 0 amide bonds. The van der Waals surface area contributed by atoms with Crippen LogP contribution in [0.2, 0.25) is 0 Å². The van der Waals surface area contributed by atoms with Crippen LogP contribution in [0.1, 0.15) is 44.9 Å². The van der Waals surface area contributed by atoms with Crippen molar-refractivity contribution in [3.8, 4) is 0 Å². The molecule has 2 bridgehead atoms. The Hall–Kier alpha value is -2.69. The maximum atomic E-state index is 13.1. The van der Waals surface area contributed by atoms with Gasteiger partial charge in [-0.3, -0.25) is 18.7 Å². The van der Waals surface area contributed by atoms with Gasteiger partial charge in [0.05, 0.1) is 11.5 Å². The quantitative estimate of drug-likeness (QED) is 0.431. The number of allylic oxidation sites excluding steroid dienone is 2. The lowest BCUT2D eigenvalue weighted by atomic mass is 9.93. The second-order valence-electron chi connectivity index (χ2n) is 8.59. The number of aromatic amines is 1. The average Bonchev–Trinajstić information content (AvgIpc) is 3.46. The van der Waals surface area contributed by atoms with Crippen LogP contribution < -0.4 is 11.2 Å². The number of imidazole rings is 1. The first-order chi connectivity index (χ1) is 15.2. The SMILES string of the molecule is CCCn1c(=O)c2[nH]c(C3CC4C=CC3C4)nc2n(CCS(=O)(=O)CCOC(C)=O)c1=O. The molecular weight excluding hydrogens is 436 g/mol. The molecule has 3 atom stereocenters. The van der Waals surface area contributed by atoms with Gasteiger partial charge in [0, 0.05) is 25.9 Å². The molecule has 0 spiro atoms. The number of aryl methyl sites for hydroxylation is 1. The fraction of sp³-hybridized carbons (Fsp3) is 0.619. The summed E-state index contributed by atoms with van der Waals surface area (Å²) in [6.45, 7) is 2.93. The largest absolute Gasteiger partial charge is 0.465 e. The summed E-state index contributed by atoms with van der Waals surface area (Å²) in [5.74, 6) is 0.500. The molecular formula is C21H28N4O6S. The number of rotatable bonds is 9. The molecule has 1 fully saturated rings. The van der Waals surface area contributed by atoms with Crippen LogP contribution in [0, 0.1) is 11.8 Å². The van der Waals surface area contributed by atoms with E-state index < -0.39 is 27.1 Å². The van der Waals surface area contributed by atoms with E-state index in [0.29, 0.717) is 24.1 Å². The topological polar surface area (TPSA) is 133 Å². The highest BCUT2D eigenvalue weighted by atomic mass is 32.2. The summed E-state index contributed by atoms with van der Waals surface area (Å²) >= 11 is 0. The van der Waals surface area contributed by atoms with Crippen LogP contribution in [-0.2, 0) is 32.5 Å². The van der Waals surface area contributed by atoms with Crippen LogP contribution in [0.25, 0.3) is 11.2 Å². The second-order valence-corrected chi connectivity index (χ2v) is 10.9. The zero-order valence-electron chi connectivity index (χ0n) is 18.2. The summed E-state index contributed by atoms with van der Waals surface area (Å²) in [7, 11) is -3.58. The molecule has 10 nitrogen and oxygen atoms in total. The van der Waals surface area contributed by atoms with Crippen molar-refractivity contribution in [2.75, 3.05) is 18.1 Å². The Labute approximate surface area is 185 Å². The summed E-state index contributed by atoms with van der Waals surface area (Å²) in [6, 6.07) is 0. The molecule has 0 radical (unpaired) electrons. The first-order valence-corrected chi connectivity index (χ1v) is 12.8. The number of aromatic nitrogens is 4. The highest BCUT2D eigenvalue weighted by Crippen LogP contribution is 2.48. The fourth-order valence-corrected chi connectivity index (χ4v) is 5.72. The Kier molecular flexibility index (Phi) is 6.11. The predicted molar refractivity (Wildman–Crippen MR) is 118 cm³/mol. The number of nitrogens with one attached hydrogen (secondary N) is 1. The Bertz CT molecular complexity index is 1290. The maximum Gasteiger partial charge on any atom is 0.332 e. The minimum absolute atomic E-state index is 0.136. The van der Waals surface area contributed by atoms with Gasteiger partial charge in [0.1, 0.15) is 17.9 Å². The predicted octanol–water partition coefficient (Wildman–Crippen LogP) is 0.954. The molecule has 32 heavy (non-hydrogen) atoms. The van der Waals surface area contributed by atoms with Gasteiger partial charge >= 0.3 is 11.7 Å². The van der Waals surface area contributed by atoms with Crippen LogP contribution in [0.3, 0.4) is 0 Å². The maximum absolute atomic E-state index is 13.1. The van der Waals surface area contributed by atoms with Gasteiger partial charge in [0.25, 0.3) is 5.56 Å². The zero-order chi connectivity index (χ0) is 23.0. The van der Waals surface area contributed by atoms with Gasteiger partial charge in [0.2, 0.25) is 0 Å². The molecule has 0 aromatic carbocycles. The van der Waals surface area contributed by atoms with E-state index in [4.69, 9.17) is 4.74 Å². The van der Waals surface area contributed by atoms with E-state index in [0.717, 1.165) is 17.4 Å². The van der Waals surface area contributed by atoms with Crippen LogP contribution in [-0.4, -0.2) is 51.6 Å². The number of hydrogen-bond donors (Lipinski definition) is 1. The second kappa shape index (κ2) is 8.68. The van der Waals surface area contributed by atoms with E-state index in [1.807, 2.05) is 6.92 Å². The normalized spacial score (nSPS) is 22.1. The summed E-state index contributed by atoms with van der Waals surface area (Å²) in [5, 5.41) is 0. The molecule has 1 N–H and O–H groups in total. The molecule has 2 aromatic heterocycles. The van der Waals surface area contributed by atoms with E-state index in [2.05, 4.69) is 22.1 Å². The van der Waals surface area contributed by atoms with Gasteiger partial charge in [-0.05, 0) is 31.1 Å². The lowest BCUT2D eigenvalue weighted by molar-refractivity contribution is -0.140. The standard InChI is InChI=1S/C21H28N4O6S/c1-3-6-25-20(27)17-19(23-18(22-17)16-12-14-4-5-15(16)11-14)24(21(25)28)7-9-32(29,30)10-8-31-13(2)26/h4-5,14-16H,3,6-12H2,1-2H3,(H,22,23). The number of esters is 1. The first kappa shape index (κ1) is 22.5. The van der Waals surface area contributed by atoms with Crippen LogP contribution in [0.4, 0.5) is 0 Å². The lowest BCUT2D eigenvalue weighted by Crippen LogP contribution is -2.41. The van der Waals surface area contributed by atoms with Crippen LogP contribution >= 0.6 is 0 Å². The van der Waals surface area contributed by atoms with Crippen molar-refractivity contribution in [1.29, 1.82) is 0 Å². The zero-order valence-corrected chi connectivity index (χ0v) is 19.1. The molecule has 2 heterocycles. The van der Waals surface area contributed by atoms with Gasteiger partial charge < -0.3 is 9.72 Å². The number of H-pyrrole nitrogens is 1. The molecule has 3 unspecified atom stereocenters. The summed E-state index contributed by atoms with van der Waals surface area (Å²) < 4.78 is 31.9. The highest BCUT2D eigenvalue weighted by molar-refractivity contribution is 7.91. The highest BCUT2D eigenvalue weighted by Gasteiger charge is 2.38. The Morgan fingerprint density at radius 3 is 2.59 bits per heavy atom. The van der Waals surface area contributed by atoms with E-state index in [1.165, 1.54) is 11.5 Å². The molecule has 2 aliphatic carbocycles.